The number of allylic oxidation sites excluding steroid dienone is 2. The van der Waals surface area contributed by atoms with Gasteiger partial charge in [-0.25, -0.2) is 0 Å². The average Bonchev–Trinajstić information content (AvgIpc) is 2.81. The van der Waals surface area contributed by atoms with E-state index in [9.17, 15) is 19.2 Å². The highest BCUT2D eigenvalue weighted by atomic mass is 16.4. The van der Waals surface area contributed by atoms with Gasteiger partial charge in [0.05, 0.1) is 0 Å². The summed E-state index contributed by atoms with van der Waals surface area (Å²) in [7, 11) is 0. The van der Waals surface area contributed by atoms with Crippen LogP contribution in [0.4, 0.5) is 0 Å². The second kappa shape index (κ2) is 20.9. The van der Waals surface area contributed by atoms with Crippen LogP contribution < -0.4 is 16.0 Å². The molecule has 35 heavy (non-hydrogen) atoms. The zero-order chi connectivity index (χ0) is 26.5. The first-order valence-electron chi connectivity index (χ1n) is 13.5. The van der Waals surface area contributed by atoms with E-state index in [2.05, 4.69) is 35.0 Å². The molecule has 0 fully saturated rings. The molecule has 4 N–H and O–H groups in total. The van der Waals surface area contributed by atoms with Gasteiger partial charge < -0.3 is 21.1 Å². The molecule has 0 aliphatic rings. The van der Waals surface area contributed by atoms with Crippen molar-refractivity contribution < 1.29 is 24.3 Å². The molecule has 0 saturated carbocycles. The summed E-state index contributed by atoms with van der Waals surface area (Å²) in [4.78, 5) is 47.0. The average molecular weight is 496 g/mol. The molecule has 0 spiro atoms. The molecule has 3 atom stereocenters. The number of amides is 3. The third-order valence-electron chi connectivity index (χ3n) is 5.92. The Morgan fingerprint density at radius 2 is 1.06 bits per heavy atom. The van der Waals surface area contributed by atoms with Gasteiger partial charge in [0.25, 0.3) is 0 Å². The molecular formula is C27H49N3O5. The zero-order valence-corrected chi connectivity index (χ0v) is 22.4. The molecule has 0 unspecified atom stereocenters. The van der Waals surface area contributed by atoms with Crippen LogP contribution in [-0.4, -0.2) is 46.9 Å². The highest BCUT2D eigenvalue weighted by molar-refractivity contribution is 5.92. The normalized spacial score (nSPS) is 13.7. The number of carbonyl (C=O) groups excluding carboxylic acids is 3. The lowest BCUT2D eigenvalue weighted by Crippen LogP contribution is -2.53. The molecule has 0 aliphatic heterocycles. The number of carboxylic acids is 1. The lowest BCUT2D eigenvalue weighted by atomic mass is 10.1. The molecule has 202 valence electrons. The Morgan fingerprint density at radius 1 is 0.629 bits per heavy atom. The van der Waals surface area contributed by atoms with Crippen molar-refractivity contribution in [1.29, 1.82) is 0 Å². The van der Waals surface area contributed by atoms with E-state index in [1.165, 1.54) is 65.2 Å². The van der Waals surface area contributed by atoms with Gasteiger partial charge in [-0.15, -0.1) is 0 Å². The van der Waals surface area contributed by atoms with Crippen molar-refractivity contribution >= 4 is 23.7 Å². The molecule has 0 saturated heterocycles. The van der Waals surface area contributed by atoms with Crippen LogP contribution >= 0.6 is 0 Å². The summed E-state index contributed by atoms with van der Waals surface area (Å²) >= 11 is 0. The van der Waals surface area contributed by atoms with Crippen molar-refractivity contribution in [3.8, 4) is 0 Å². The lowest BCUT2D eigenvalue weighted by Gasteiger charge is -2.19. The second-order valence-corrected chi connectivity index (χ2v) is 9.42. The van der Waals surface area contributed by atoms with Crippen LogP contribution in [0.5, 0.6) is 0 Å². The predicted molar refractivity (Wildman–Crippen MR) is 140 cm³/mol. The number of rotatable bonds is 21. The number of carboxylic acid groups (broad SMARTS) is 1. The summed E-state index contributed by atoms with van der Waals surface area (Å²) in [6.45, 7) is 6.60. The third kappa shape index (κ3) is 18.6. The number of aliphatic carboxylic acids is 1. The van der Waals surface area contributed by atoms with Crippen molar-refractivity contribution in [3.05, 3.63) is 12.2 Å². The highest BCUT2D eigenvalue weighted by Crippen LogP contribution is 2.10. The summed E-state index contributed by atoms with van der Waals surface area (Å²) in [5.74, 6) is -2.44. The molecule has 0 aliphatic carbocycles. The molecule has 0 rings (SSSR count). The van der Waals surface area contributed by atoms with E-state index in [1.54, 1.807) is 6.92 Å². The van der Waals surface area contributed by atoms with Crippen molar-refractivity contribution in [2.45, 2.75) is 136 Å². The smallest absolute Gasteiger partial charge is 0.325 e. The van der Waals surface area contributed by atoms with E-state index in [1.807, 2.05) is 0 Å². The standard InChI is InChI=1S/C27H49N3O5/c1-5-6-7-8-9-10-11-12-13-14-15-16-17-18-19-20-24(31)28-21(2)25(32)29-22(3)26(33)30-23(4)27(34)35/h12-13,21-23H,5-11,14-20H2,1-4H3,(H,28,31)(H,29,32)(H,30,33)(H,34,35)/t21-,22-,23-/m0/s1. The molecular weight excluding hydrogens is 446 g/mol. The van der Waals surface area contributed by atoms with Gasteiger partial charge in [-0.2, -0.15) is 0 Å². The van der Waals surface area contributed by atoms with Gasteiger partial charge in [-0.3, -0.25) is 19.2 Å². The van der Waals surface area contributed by atoms with Crippen molar-refractivity contribution in [1.82, 2.24) is 16.0 Å². The molecule has 8 heteroatoms. The van der Waals surface area contributed by atoms with E-state index in [-0.39, 0.29) is 5.91 Å². The van der Waals surface area contributed by atoms with E-state index in [0.717, 1.165) is 32.1 Å². The number of hydrogen-bond donors (Lipinski definition) is 4. The fraction of sp³-hybridized carbons (Fsp3) is 0.778. The van der Waals surface area contributed by atoms with Crippen LogP contribution in [-0.2, 0) is 19.2 Å². The topological polar surface area (TPSA) is 125 Å². The molecule has 0 aromatic carbocycles. The summed E-state index contributed by atoms with van der Waals surface area (Å²) in [5.41, 5.74) is 0. The quantitative estimate of drug-likeness (QED) is 0.137. The lowest BCUT2D eigenvalue weighted by molar-refractivity contribution is -0.141. The minimum absolute atomic E-state index is 0.193. The van der Waals surface area contributed by atoms with Gasteiger partial charge in [0.2, 0.25) is 17.7 Å². The first kappa shape index (κ1) is 32.6. The van der Waals surface area contributed by atoms with Crippen molar-refractivity contribution in [3.63, 3.8) is 0 Å². The van der Waals surface area contributed by atoms with Crippen LogP contribution in [0.3, 0.4) is 0 Å². The molecule has 0 bridgehead atoms. The van der Waals surface area contributed by atoms with Gasteiger partial charge in [-0.1, -0.05) is 70.4 Å². The third-order valence-corrected chi connectivity index (χ3v) is 5.92. The van der Waals surface area contributed by atoms with Crippen LogP contribution in [0.2, 0.25) is 0 Å². The number of hydrogen-bond acceptors (Lipinski definition) is 4. The second-order valence-electron chi connectivity index (χ2n) is 9.42. The highest BCUT2D eigenvalue weighted by Gasteiger charge is 2.23. The van der Waals surface area contributed by atoms with Gasteiger partial charge in [0, 0.05) is 6.42 Å². The Morgan fingerprint density at radius 3 is 1.57 bits per heavy atom. The summed E-state index contributed by atoms with van der Waals surface area (Å²) in [5, 5.41) is 16.3. The van der Waals surface area contributed by atoms with Crippen LogP contribution in [0.15, 0.2) is 12.2 Å². The SMILES string of the molecule is CCCCCCCCC=CCCCCCCCC(=O)N[C@@H](C)C(=O)N[C@@H](C)C(=O)N[C@@H](C)C(=O)O. The minimum Gasteiger partial charge on any atom is -0.480 e. The summed E-state index contributed by atoms with van der Waals surface area (Å²) in [6.07, 6.45) is 20.5. The van der Waals surface area contributed by atoms with Crippen LogP contribution in [0, 0.1) is 0 Å². The van der Waals surface area contributed by atoms with E-state index in [4.69, 9.17) is 5.11 Å². The monoisotopic (exact) mass is 495 g/mol. The van der Waals surface area contributed by atoms with E-state index >= 15 is 0 Å². The fourth-order valence-electron chi connectivity index (χ4n) is 3.54. The summed E-state index contributed by atoms with van der Waals surface area (Å²) in [6, 6.07) is -2.74. The Hall–Kier alpha value is -2.38. The number of nitrogens with one attached hydrogen (secondary N) is 3. The largest absolute Gasteiger partial charge is 0.480 e. The Labute approximate surface area is 212 Å². The van der Waals surface area contributed by atoms with Gasteiger partial charge in [-0.05, 0) is 52.9 Å². The first-order chi connectivity index (χ1) is 16.7. The van der Waals surface area contributed by atoms with Crippen LogP contribution in [0.25, 0.3) is 0 Å². The molecule has 0 aromatic rings. The zero-order valence-electron chi connectivity index (χ0n) is 22.4. The Bertz CT molecular complexity index is 651. The Balaban J connectivity index is 3.78. The molecule has 3 amide bonds. The maximum Gasteiger partial charge on any atom is 0.325 e. The number of unbranched alkanes of at least 4 members (excludes halogenated alkanes) is 11. The minimum atomic E-state index is -1.16. The molecule has 0 heterocycles. The van der Waals surface area contributed by atoms with Crippen molar-refractivity contribution in [2.24, 2.45) is 0 Å². The van der Waals surface area contributed by atoms with E-state index < -0.39 is 35.9 Å². The molecule has 8 nitrogen and oxygen atoms in total. The fourth-order valence-corrected chi connectivity index (χ4v) is 3.54. The summed E-state index contributed by atoms with van der Waals surface area (Å²) < 4.78 is 0. The Kier molecular flexibility index (Phi) is 19.5. The van der Waals surface area contributed by atoms with Crippen LogP contribution in [0.1, 0.15) is 118 Å². The molecule has 0 aromatic heterocycles. The maximum atomic E-state index is 12.2. The van der Waals surface area contributed by atoms with E-state index in [0.29, 0.717) is 6.42 Å². The first-order valence-corrected chi connectivity index (χ1v) is 13.5. The predicted octanol–water partition coefficient (Wildman–Crippen LogP) is 4.62. The van der Waals surface area contributed by atoms with Gasteiger partial charge in [0.1, 0.15) is 18.1 Å². The van der Waals surface area contributed by atoms with Crippen molar-refractivity contribution in [2.75, 3.05) is 0 Å². The molecule has 0 radical (unpaired) electrons. The number of carbonyl (C=O) groups is 4. The van der Waals surface area contributed by atoms with Gasteiger partial charge in [0.15, 0.2) is 0 Å². The maximum absolute atomic E-state index is 12.2. The van der Waals surface area contributed by atoms with Gasteiger partial charge >= 0.3 is 5.97 Å².